The molecule has 0 atom stereocenters. The van der Waals surface area contributed by atoms with Gasteiger partial charge in [-0.25, -0.2) is 9.59 Å². The fourth-order valence-corrected chi connectivity index (χ4v) is 6.41. The number of unbranched alkanes of at least 4 members (excludes halogenated alkanes) is 33. The molecule has 280 valence electrons. The van der Waals surface area contributed by atoms with Crippen LogP contribution in [0.25, 0.3) is 0 Å². The summed E-state index contributed by atoms with van der Waals surface area (Å²) in [6.45, 7) is 6.86. The van der Waals surface area contributed by atoms with Crippen molar-refractivity contribution in [2.24, 2.45) is 0 Å². The van der Waals surface area contributed by atoms with Gasteiger partial charge in [-0.2, -0.15) is 0 Å². The molecule has 2 N–H and O–H groups in total. The fourth-order valence-electron chi connectivity index (χ4n) is 6.41. The second kappa shape index (κ2) is 42.7. The fraction of sp³-hybridized carbons (Fsp3) is 0.907. The van der Waals surface area contributed by atoms with E-state index < -0.39 is 11.9 Å². The molecule has 0 saturated heterocycles. The summed E-state index contributed by atoms with van der Waals surface area (Å²) < 4.78 is 0. The Morgan fingerprint density at radius 3 is 0.702 bits per heavy atom. The third kappa shape index (κ3) is 44.7. The quantitative estimate of drug-likeness (QED) is 0.0512. The first-order valence-electron chi connectivity index (χ1n) is 21.2. The van der Waals surface area contributed by atoms with Crippen molar-refractivity contribution in [3.05, 3.63) is 11.6 Å². The van der Waals surface area contributed by atoms with Crippen molar-refractivity contribution in [1.82, 2.24) is 0 Å². The van der Waals surface area contributed by atoms with E-state index in [2.05, 4.69) is 20.8 Å². The molecule has 0 aromatic rings. The summed E-state index contributed by atoms with van der Waals surface area (Å²) in [5, 5.41) is 17.5. The van der Waals surface area contributed by atoms with Crippen LogP contribution in [0.3, 0.4) is 0 Å². The normalized spacial score (nSPS) is 11.4. The lowest BCUT2D eigenvalue weighted by molar-refractivity contribution is -0.135. The van der Waals surface area contributed by atoms with Crippen LogP contribution in [0.2, 0.25) is 0 Å². The molecule has 0 saturated carbocycles. The molecule has 47 heavy (non-hydrogen) atoms. The Labute approximate surface area is 294 Å². The predicted octanol–water partition coefficient (Wildman–Crippen LogP) is 15.2. The van der Waals surface area contributed by atoms with E-state index >= 15 is 0 Å². The van der Waals surface area contributed by atoms with Gasteiger partial charge in [0, 0.05) is 11.6 Å². The van der Waals surface area contributed by atoms with Crippen LogP contribution >= 0.6 is 0 Å². The van der Waals surface area contributed by atoms with Crippen LogP contribution in [-0.4, -0.2) is 22.2 Å². The smallest absolute Gasteiger partial charge is 0.331 e. The van der Waals surface area contributed by atoms with Gasteiger partial charge in [-0.05, 0) is 12.8 Å². The van der Waals surface area contributed by atoms with Crippen molar-refractivity contribution in [2.45, 2.75) is 252 Å². The van der Waals surface area contributed by atoms with Crippen LogP contribution in [-0.2, 0) is 9.59 Å². The van der Waals surface area contributed by atoms with Gasteiger partial charge >= 0.3 is 11.9 Å². The van der Waals surface area contributed by atoms with Crippen LogP contribution in [0.4, 0.5) is 0 Å². The first-order chi connectivity index (χ1) is 23.0. The Morgan fingerprint density at radius 1 is 0.340 bits per heavy atom. The van der Waals surface area contributed by atoms with Crippen molar-refractivity contribution in [3.63, 3.8) is 0 Å². The molecule has 4 nitrogen and oxygen atoms in total. The topological polar surface area (TPSA) is 74.6 Å². The molecule has 0 aromatic carbocycles. The minimum atomic E-state index is -1.18. The van der Waals surface area contributed by atoms with E-state index in [0.29, 0.717) is 6.42 Å². The maximum Gasteiger partial charge on any atom is 0.331 e. The largest absolute Gasteiger partial charge is 0.478 e. The summed E-state index contributed by atoms with van der Waals surface area (Å²) >= 11 is 0. The molecule has 0 aliphatic heterocycles. The molecule has 0 aliphatic carbocycles. The van der Waals surface area contributed by atoms with Crippen LogP contribution < -0.4 is 0 Å². The molecule has 0 spiro atoms. The molecule has 0 bridgehead atoms. The number of carboxylic acids is 2. The van der Waals surface area contributed by atoms with E-state index in [1.54, 1.807) is 0 Å². The van der Waals surface area contributed by atoms with E-state index in [9.17, 15) is 9.59 Å². The minimum absolute atomic E-state index is 0.00265. The average molecular weight is 665 g/mol. The zero-order chi connectivity index (χ0) is 34.9. The summed E-state index contributed by atoms with van der Waals surface area (Å²) in [5.74, 6) is -2.30. The summed E-state index contributed by atoms with van der Waals surface area (Å²) in [4.78, 5) is 21.4. The first kappa shape index (κ1) is 47.8. The van der Waals surface area contributed by atoms with Gasteiger partial charge in [-0.15, -0.1) is 0 Å². The van der Waals surface area contributed by atoms with Crippen molar-refractivity contribution < 1.29 is 19.8 Å². The highest BCUT2D eigenvalue weighted by Crippen LogP contribution is 2.16. The summed E-state index contributed by atoms with van der Waals surface area (Å²) in [6, 6.07) is 0. The monoisotopic (exact) mass is 665 g/mol. The summed E-state index contributed by atoms with van der Waals surface area (Å²) in [5.41, 5.74) is 0.00265. The highest BCUT2D eigenvalue weighted by Gasteiger charge is 2.08. The lowest BCUT2D eigenvalue weighted by Crippen LogP contribution is -2.04. The zero-order valence-corrected chi connectivity index (χ0v) is 32.2. The number of hydrogen-bond donors (Lipinski definition) is 2. The lowest BCUT2D eigenvalue weighted by Gasteiger charge is -2.04. The van der Waals surface area contributed by atoms with E-state index in [4.69, 9.17) is 10.2 Å². The van der Waals surface area contributed by atoms with E-state index in [0.717, 1.165) is 25.3 Å². The summed E-state index contributed by atoms with van der Waals surface area (Å²) in [7, 11) is 0. The van der Waals surface area contributed by atoms with Gasteiger partial charge in [0.1, 0.15) is 0 Å². The number of carbonyl (C=O) groups is 2. The van der Waals surface area contributed by atoms with Crippen LogP contribution in [0, 0.1) is 0 Å². The van der Waals surface area contributed by atoms with Crippen molar-refractivity contribution >= 4 is 11.9 Å². The molecule has 0 amide bonds. The Bertz CT molecular complexity index is 638. The highest BCUT2D eigenvalue weighted by atomic mass is 16.4. The average Bonchev–Trinajstić information content (AvgIpc) is 3.05. The molecule has 4 heteroatoms. The van der Waals surface area contributed by atoms with Crippen molar-refractivity contribution in [1.29, 1.82) is 0 Å². The highest BCUT2D eigenvalue weighted by molar-refractivity contribution is 5.94. The second-order valence-corrected chi connectivity index (χ2v) is 14.4. The van der Waals surface area contributed by atoms with Gasteiger partial charge in [-0.1, -0.05) is 239 Å². The van der Waals surface area contributed by atoms with Gasteiger partial charge in [0.25, 0.3) is 0 Å². The molecule has 0 radical (unpaired) electrons. The molecule has 0 rings (SSSR count). The molecule has 0 fully saturated rings. The SMILES string of the molecule is CCCCCCCCCCCCCCCCCC/C(=C\C(=O)O)C(=O)O.CCCCCCCCCCCCCCCCCCCCC. The Balaban J connectivity index is 0. The van der Waals surface area contributed by atoms with Gasteiger partial charge in [0.05, 0.1) is 0 Å². The van der Waals surface area contributed by atoms with Gasteiger partial charge < -0.3 is 10.2 Å². The zero-order valence-electron chi connectivity index (χ0n) is 32.2. The van der Waals surface area contributed by atoms with Gasteiger partial charge in [-0.3, -0.25) is 0 Å². The van der Waals surface area contributed by atoms with Gasteiger partial charge in [0.15, 0.2) is 0 Å². The first-order valence-corrected chi connectivity index (χ1v) is 21.2. The molecule has 0 aromatic heterocycles. The predicted molar refractivity (Wildman–Crippen MR) is 207 cm³/mol. The van der Waals surface area contributed by atoms with Crippen LogP contribution in [0.1, 0.15) is 252 Å². The number of rotatable bonds is 37. The molecule has 0 heterocycles. The maximum atomic E-state index is 10.9. The van der Waals surface area contributed by atoms with E-state index in [-0.39, 0.29) is 5.57 Å². The van der Waals surface area contributed by atoms with Crippen molar-refractivity contribution in [3.8, 4) is 0 Å². The number of hydrogen-bond acceptors (Lipinski definition) is 2. The van der Waals surface area contributed by atoms with Crippen LogP contribution in [0.5, 0.6) is 0 Å². The van der Waals surface area contributed by atoms with Gasteiger partial charge in [0.2, 0.25) is 0 Å². The Hall–Kier alpha value is -1.32. The van der Waals surface area contributed by atoms with Crippen molar-refractivity contribution in [2.75, 3.05) is 0 Å². The number of aliphatic carboxylic acids is 2. The minimum Gasteiger partial charge on any atom is -0.478 e. The van der Waals surface area contributed by atoms with E-state index in [1.165, 1.54) is 205 Å². The molecular formula is C43H84O4. The Kier molecular flexibility index (Phi) is 43.4. The third-order valence-electron chi connectivity index (χ3n) is 9.58. The van der Waals surface area contributed by atoms with Crippen LogP contribution in [0.15, 0.2) is 11.6 Å². The molecule has 0 aliphatic rings. The third-order valence-corrected chi connectivity index (χ3v) is 9.58. The maximum absolute atomic E-state index is 10.9. The van der Waals surface area contributed by atoms with E-state index in [1.807, 2.05) is 0 Å². The summed E-state index contributed by atoms with van der Waals surface area (Å²) in [6.07, 6.45) is 49.5. The lowest BCUT2D eigenvalue weighted by atomic mass is 10.0. The molecule has 0 unspecified atom stereocenters. The second-order valence-electron chi connectivity index (χ2n) is 14.4. The standard InChI is InChI=1S/C22H40O4.C21H44/c1-2-3-4-5-6-7-8-9-10-11-12-13-14-15-16-17-18-20(22(25)26)19-21(23)24;1-3-5-7-9-11-13-15-17-19-21-20-18-16-14-12-10-8-6-4-2/h19H,2-18H2,1H3,(H,23,24)(H,25,26);3-21H2,1-2H3/b20-19+;. The number of carboxylic acid groups (broad SMARTS) is 2. The Morgan fingerprint density at radius 2 is 0.532 bits per heavy atom. The molecular weight excluding hydrogens is 580 g/mol.